The molecule has 6 heteroatoms. The summed E-state index contributed by atoms with van der Waals surface area (Å²) in [6.45, 7) is 4.65. The Balaban J connectivity index is 1.41. The van der Waals surface area contributed by atoms with Crippen molar-refractivity contribution in [2.75, 3.05) is 47.5 Å². The molecule has 1 aliphatic rings. The van der Waals surface area contributed by atoms with Crippen LogP contribution < -0.4 is 14.2 Å². The van der Waals surface area contributed by atoms with Gasteiger partial charge in [0.25, 0.3) is 0 Å². The third kappa shape index (κ3) is 4.75. The maximum Gasteiger partial charge on any atom is 0.135 e. The second-order valence-electron chi connectivity index (χ2n) is 7.56. The van der Waals surface area contributed by atoms with Gasteiger partial charge >= 0.3 is 0 Å². The van der Waals surface area contributed by atoms with Crippen LogP contribution in [0.3, 0.4) is 0 Å². The minimum atomic E-state index is 0.676. The van der Waals surface area contributed by atoms with Crippen molar-refractivity contribution in [2.24, 2.45) is 5.10 Å². The van der Waals surface area contributed by atoms with Gasteiger partial charge in [0.05, 0.1) is 33.1 Å². The molecule has 1 fully saturated rings. The molecule has 0 aliphatic carbocycles. The van der Waals surface area contributed by atoms with Crippen molar-refractivity contribution in [3.63, 3.8) is 0 Å². The van der Waals surface area contributed by atoms with E-state index in [1.54, 1.807) is 21.3 Å². The minimum absolute atomic E-state index is 0.676. The van der Waals surface area contributed by atoms with Gasteiger partial charge in [0, 0.05) is 44.9 Å². The predicted molar refractivity (Wildman–Crippen MR) is 124 cm³/mol. The van der Waals surface area contributed by atoms with Crippen molar-refractivity contribution in [1.82, 2.24) is 9.91 Å². The van der Waals surface area contributed by atoms with Crippen LogP contribution in [0.25, 0.3) is 10.8 Å². The van der Waals surface area contributed by atoms with Gasteiger partial charge < -0.3 is 14.2 Å². The van der Waals surface area contributed by atoms with Crippen molar-refractivity contribution in [3.8, 4) is 17.2 Å². The smallest absolute Gasteiger partial charge is 0.135 e. The van der Waals surface area contributed by atoms with E-state index in [1.165, 1.54) is 16.3 Å². The normalized spacial score (nSPS) is 14.9. The van der Waals surface area contributed by atoms with E-state index in [1.807, 2.05) is 18.3 Å². The number of methoxy groups -OCH3 is 3. The molecule has 0 spiro atoms. The lowest BCUT2D eigenvalue weighted by molar-refractivity contribution is 0.131. The first-order valence-electron chi connectivity index (χ1n) is 10.5. The SMILES string of the molecule is COc1cc(OC)c(/C=N\N2CCN(Cc3cccc4ccccc34)CC2)c(OC)c1. The molecule has 0 radical (unpaired) electrons. The van der Waals surface area contributed by atoms with Crippen molar-refractivity contribution in [3.05, 3.63) is 65.7 Å². The third-order valence-corrected chi connectivity index (χ3v) is 5.73. The van der Waals surface area contributed by atoms with Crippen molar-refractivity contribution >= 4 is 17.0 Å². The van der Waals surface area contributed by atoms with Crippen molar-refractivity contribution in [1.29, 1.82) is 0 Å². The standard InChI is InChI=1S/C25H29N3O3/c1-29-21-15-24(30-2)23(25(16-21)31-3)17-26-28-13-11-27(12-14-28)18-20-9-6-8-19-7-4-5-10-22(19)20/h4-10,15-17H,11-14,18H2,1-3H3/b26-17-. The fourth-order valence-electron chi connectivity index (χ4n) is 3.98. The molecule has 162 valence electrons. The highest BCUT2D eigenvalue weighted by atomic mass is 16.5. The minimum Gasteiger partial charge on any atom is -0.496 e. The van der Waals surface area contributed by atoms with E-state index in [-0.39, 0.29) is 0 Å². The lowest BCUT2D eigenvalue weighted by Crippen LogP contribution is -2.43. The summed E-state index contributed by atoms with van der Waals surface area (Å²) >= 11 is 0. The average Bonchev–Trinajstić information content (AvgIpc) is 2.83. The van der Waals surface area contributed by atoms with Crippen LogP contribution in [0.1, 0.15) is 11.1 Å². The van der Waals surface area contributed by atoms with Gasteiger partial charge in [-0.2, -0.15) is 5.10 Å². The van der Waals surface area contributed by atoms with Crippen LogP contribution in [-0.4, -0.2) is 63.6 Å². The molecule has 0 atom stereocenters. The van der Waals surface area contributed by atoms with Crippen LogP contribution in [0.15, 0.2) is 59.7 Å². The molecule has 0 unspecified atom stereocenters. The molecule has 1 saturated heterocycles. The number of hydrogen-bond donors (Lipinski definition) is 0. The highest BCUT2D eigenvalue weighted by molar-refractivity contribution is 5.88. The maximum absolute atomic E-state index is 5.51. The Hall–Kier alpha value is -3.25. The molecule has 0 saturated carbocycles. The van der Waals surface area contributed by atoms with Gasteiger partial charge in [-0.3, -0.25) is 9.91 Å². The topological polar surface area (TPSA) is 46.5 Å². The zero-order chi connectivity index (χ0) is 21.6. The number of hydrogen-bond acceptors (Lipinski definition) is 6. The Kier molecular flexibility index (Phi) is 6.57. The number of rotatable bonds is 7. The number of ether oxygens (including phenoxy) is 3. The van der Waals surface area contributed by atoms with Crippen LogP contribution in [-0.2, 0) is 6.54 Å². The zero-order valence-electron chi connectivity index (χ0n) is 18.4. The van der Waals surface area contributed by atoms with Crippen molar-refractivity contribution in [2.45, 2.75) is 6.54 Å². The first-order valence-corrected chi connectivity index (χ1v) is 10.5. The van der Waals surface area contributed by atoms with Gasteiger partial charge in [-0.15, -0.1) is 0 Å². The molecule has 1 aliphatic heterocycles. The van der Waals surface area contributed by atoms with Crippen LogP contribution in [0.5, 0.6) is 17.2 Å². The molecule has 0 bridgehead atoms. The molecule has 0 N–H and O–H groups in total. The van der Waals surface area contributed by atoms with Gasteiger partial charge in [0.1, 0.15) is 17.2 Å². The number of benzene rings is 3. The third-order valence-electron chi connectivity index (χ3n) is 5.73. The molecular weight excluding hydrogens is 390 g/mol. The second kappa shape index (κ2) is 9.71. The fourth-order valence-corrected chi connectivity index (χ4v) is 3.98. The maximum atomic E-state index is 5.51. The van der Waals surface area contributed by atoms with E-state index >= 15 is 0 Å². The van der Waals surface area contributed by atoms with E-state index < -0.39 is 0 Å². The number of fused-ring (bicyclic) bond motifs is 1. The van der Waals surface area contributed by atoms with Crippen LogP contribution in [0, 0.1) is 0 Å². The molecule has 6 nitrogen and oxygen atoms in total. The largest absolute Gasteiger partial charge is 0.496 e. The lowest BCUT2D eigenvalue weighted by atomic mass is 10.0. The molecule has 31 heavy (non-hydrogen) atoms. The average molecular weight is 420 g/mol. The summed E-state index contributed by atoms with van der Waals surface area (Å²) < 4.78 is 16.3. The molecule has 1 heterocycles. The summed E-state index contributed by atoms with van der Waals surface area (Å²) in [5.41, 5.74) is 2.19. The Morgan fingerprint density at radius 1 is 0.839 bits per heavy atom. The highest BCUT2D eigenvalue weighted by Gasteiger charge is 2.17. The predicted octanol–water partition coefficient (Wildman–Crippen LogP) is 4.02. The number of nitrogens with zero attached hydrogens (tertiary/aromatic N) is 3. The van der Waals surface area contributed by atoms with Gasteiger partial charge in [-0.1, -0.05) is 42.5 Å². The summed E-state index contributed by atoms with van der Waals surface area (Å²) in [5.74, 6) is 2.04. The highest BCUT2D eigenvalue weighted by Crippen LogP contribution is 2.32. The summed E-state index contributed by atoms with van der Waals surface area (Å²) in [6.07, 6.45) is 1.82. The van der Waals surface area contributed by atoms with Crippen molar-refractivity contribution < 1.29 is 14.2 Å². The number of hydrazone groups is 1. The first-order chi connectivity index (χ1) is 15.2. The van der Waals surface area contributed by atoms with E-state index in [0.29, 0.717) is 17.2 Å². The Morgan fingerprint density at radius 3 is 2.19 bits per heavy atom. The molecule has 3 aromatic rings. The van der Waals surface area contributed by atoms with Gasteiger partial charge in [0.15, 0.2) is 0 Å². The van der Waals surface area contributed by atoms with Gasteiger partial charge in [0.2, 0.25) is 0 Å². The van der Waals surface area contributed by atoms with E-state index in [9.17, 15) is 0 Å². The van der Waals surface area contributed by atoms with E-state index in [2.05, 4.69) is 52.4 Å². The summed E-state index contributed by atoms with van der Waals surface area (Å²) in [7, 11) is 4.90. The first kappa shape index (κ1) is 21.0. The Labute approximate surface area is 183 Å². The number of piperazine rings is 1. The Bertz CT molecular complexity index is 1030. The zero-order valence-corrected chi connectivity index (χ0v) is 18.4. The fraction of sp³-hybridized carbons (Fsp3) is 0.320. The Morgan fingerprint density at radius 2 is 1.52 bits per heavy atom. The molecule has 3 aromatic carbocycles. The molecule has 4 rings (SSSR count). The van der Waals surface area contributed by atoms with E-state index in [4.69, 9.17) is 19.3 Å². The summed E-state index contributed by atoms with van der Waals surface area (Å²) in [5, 5.41) is 9.43. The lowest BCUT2D eigenvalue weighted by Gasteiger charge is -2.33. The summed E-state index contributed by atoms with van der Waals surface area (Å²) in [6, 6.07) is 18.8. The second-order valence-corrected chi connectivity index (χ2v) is 7.56. The van der Waals surface area contributed by atoms with Crippen LogP contribution >= 0.6 is 0 Å². The molecule has 0 aromatic heterocycles. The quantitative estimate of drug-likeness (QED) is 0.542. The van der Waals surface area contributed by atoms with E-state index in [0.717, 1.165) is 38.3 Å². The van der Waals surface area contributed by atoms with Crippen LogP contribution in [0.4, 0.5) is 0 Å². The van der Waals surface area contributed by atoms with Gasteiger partial charge in [-0.05, 0) is 16.3 Å². The monoisotopic (exact) mass is 419 g/mol. The summed E-state index contributed by atoms with van der Waals surface area (Å²) in [4.78, 5) is 2.49. The molecule has 0 amide bonds. The molecular formula is C25H29N3O3. The van der Waals surface area contributed by atoms with Gasteiger partial charge in [-0.25, -0.2) is 0 Å². The van der Waals surface area contributed by atoms with Crippen LogP contribution in [0.2, 0.25) is 0 Å².